The summed E-state index contributed by atoms with van der Waals surface area (Å²) in [5.41, 5.74) is 0. The van der Waals surface area contributed by atoms with Crippen molar-refractivity contribution in [3.05, 3.63) is 18.2 Å². The van der Waals surface area contributed by atoms with Crippen molar-refractivity contribution < 1.29 is 14.6 Å². The minimum absolute atomic E-state index is 0.122. The fourth-order valence-electron chi connectivity index (χ4n) is 1.88. The van der Waals surface area contributed by atoms with Crippen LogP contribution in [0.4, 0.5) is 0 Å². The summed E-state index contributed by atoms with van der Waals surface area (Å²) in [7, 11) is 1.64. The van der Waals surface area contributed by atoms with Gasteiger partial charge >= 0.3 is 0 Å². The Morgan fingerprint density at radius 2 is 2.39 bits per heavy atom. The van der Waals surface area contributed by atoms with E-state index in [0.29, 0.717) is 12.5 Å². The van der Waals surface area contributed by atoms with Gasteiger partial charge in [0, 0.05) is 11.1 Å². The zero-order valence-corrected chi connectivity index (χ0v) is 11.8. The molecular weight excluding hydrogens is 272 g/mol. The van der Waals surface area contributed by atoms with Gasteiger partial charge < -0.3 is 14.6 Å². The summed E-state index contributed by atoms with van der Waals surface area (Å²) in [6, 6.07) is 5.70. The van der Waals surface area contributed by atoms with E-state index in [1.165, 1.54) is 0 Å². The summed E-state index contributed by atoms with van der Waals surface area (Å²) in [5, 5.41) is 10.2. The Morgan fingerprint density at radius 1 is 1.56 bits per heavy atom. The second kappa shape index (κ2) is 6.55. The van der Waals surface area contributed by atoms with Gasteiger partial charge in [-0.05, 0) is 31.0 Å². The van der Waals surface area contributed by atoms with Crippen LogP contribution in [-0.2, 0) is 0 Å². The molecule has 0 radical (unpaired) electrons. The number of thioether (sulfide) groups is 1. The van der Waals surface area contributed by atoms with Crippen molar-refractivity contribution in [1.29, 1.82) is 0 Å². The number of methoxy groups -OCH3 is 1. The normalized spacial score (nSPS) is 22.8. The Morgan fingerprint density at radius 3 is 3.11 bits per heavy atom. The summed E-state index contributed by atoms with van der Waals surface area (Å²) in [6.45, 7) is 0.333. The molecule has 1 aromatic rings. The van der Waals surface area contributed by atoms with Gasteiger partial charge in [0.2, 0.25) is 0 Å². The molecule has 1 aliphatic rings. The zero-order valence-electron chi connectivity index (χ0n) is 10.3. The van der Waals surface area contributed by atoms with Crippen molar-refractivity contribution in [2.75, 3.05) is 19.6 Å². The van der Waals surface area contributed by atoms with E-state index >= 15 is 0 Å². The first-order chi connectivity index (χ1) is 8.74. The van der Waals surface area contributed by atoms with E-state index in [9.17, 15) is 5.11 Å². The molecule has 3 nitrogen and oxygen atoms in total. The predicted molar refractivity (Wildman–Crippen MR) is 74.1 cm³/mol. The second-order valence-corrected chi connectivity index (χ2v) is 5.84. The molecule has 0 saturated carbocycles. The van der Waals surface area contributed by atoms with E-state index in [1.807, 2.05) is 18.2 Å². The number of aliphatic hydroxyl groups is 1. The van der Waals surface area contributed by atoms with Crippen LogP contribution in [0.1, 0.15) is 12.8 Å². The third kappa shape index (κ3) is 3.25. The molecule has 1 aliphatic heterocycles. The standard InChI is InChI=1S/C13H17ClO3S/c1-16-9-4-5-11-13(7-9)18-12(3-2-6-14)10(15)8-17-11/h4-5,7,10,12,15H,2-3,6,8H2,1H3/t10-,12+/m1/s1. The average Bonchev–Trinajstić information content (AvgIpc) is 2.55. The van der Waals surface area contributed by atoms with Crippen molar-refractivity contribution in [2.24, 2.45) is 0 Å². The van der Waals surface area contributed by atoms with Crippen LogP contribution in [0.5, 0.6) is 11.5 Å². The molecule has 2 rings (SSSR count). The number of halogens is 1. The van der Waals surface area contributed by atoms with Crippen LogP contribution in [0.25, 0.3) is 0 Å². The van der Waals surface area contributed by atoms with E-state index in [0.717, 1.165) is 29.2 Å². The van der Waals surface area contributed by atoms with Gasteiger partial charge in [-0.25, -0.2) is 0 Å². The van der Waals surface area contributed by atoms with Gasteiger partial charge in [0.05, 0.1) is 12.0 Å². The van der Waals surface area contributed by atoms with Crippen molar-refractivity contribution in [2.45, 2.75) is 29.1 Å². The maximum absolute atomic E-state index is 10.1. The van der Waals surface area contributed by atoms with Gasteiger partial charge in [-0.15, -0.1) is 23.4 Å². The minimum atomic E-state index is -0.461. The minimum Gasteiger partial charge on any atom is -0.497 e. The number of ether oxygens (including phenoxy) is 2. The molecular formula is C13H17ClO3S. The van der Waals surface area contributed by atoms with Gasteiger partial charge in [0.25, 0.3) is 0 Å². The van der Waals surface area contributed by atoms with Crippen molar-refractivity contribution in [3.63, 3.8) is 0 Å². The molecule has 0 fully saturated rings. The van der Waals surface area contributed by atoms with Crippen molar-refractivity contribution in [3.8, 4) is 11.5 Å². The first-order valence-corrected chi connectivity index (χ1v) is 7.37. The Kier molecular flexibility index (Phi) is 5.03. The molecule has 0 spiro atoms. The van der Waals surface area contributed by atoms with E-state index in [1.54, 1.807) is 18.9 Å². The molecule has 100 valence electrons. The quantitative estimate of drug-likeness (QED) is 0.865. The summed E-state index contributed by atoms with van der Waals surface area (Å²) in [6.07, 6.45) is 1.32. The van der Waals surface area contributed by atoms with Gasteiger partial charge in [-0.1, -0.05) is 0 Å². The van der Waals surface area contributed by atoms with Gasteiger partial charge in [-0.3, -0.25) is 0 Å². The molecule has 5 heteroatoms. The van der Waals surface area contributed by atoms with Crippen LogP contribution < -0.4 is 9.47 Å². The lowest BCUT2D eigenvalue weighted by Gasteiger charge is -2.18. The molecule has 0 unspecified atom stereocenters. The fraction of sp³-hybridized carbons (Fsp3) is 0.538. The second-order valence-electron chi connectivity index (χ2n) is 4.18. The van der Waals surface area contributed by atoms with E-state index in [2.05, 4.69) is 0 Å². The molecule has 2 atom stereocenters. The van der Waals surface area contributed by atoms with Gasteiger partial charge in [-0.2, -0.15) is 0 Å². The first-order valence-electron chi connectivity index (χ1n) is 5.96. The van der Waals surface area contributed by atoms with Crippen LogP contribution in [-0.4, -0.2) is 36.1 Å². The Balaban J connectivity index is 2.17. The predicted octanol–water partition coefficient (Wildman–Crippen LogP) is 2.93. The lowest BCUT2D eigenvalue weighted by molar-refractivity contribution is 0.104. The largest absolute Gasteiger partial charge is 0.497 e. The highest BCUT2D eigenvalue weighted by Crippen LogP contribution is 2.40. The Hall–Kier alpha value is -0.580. The molecule has 1 heterocycles. The molecule has 1 aromatic carbocycles. The van der Waals surface area contributed by atoms with Crippen LogP contribution in [0.15, 0.2) is 23.1 Å². The van der Waals surface area contributed by atoms with E-state index in [-0.39, 0.29) is 5.25 Å². The highest BCUT2D eigenvalue weighted by molar-refractivity contribution is 8.00. The number of alkyl halides is 1. The molecule has 0 aliphatic carbocycles. The lowest BCUT2D eigenvalue weighted by Crippen LogP contribution is -2.28. The third-order valence-corrected chi connectivity index (χ3v) is 4.58. The van der Waals surface area contributed by atoms with Crippen LogP contribution in [0.2, 0.25) is 0 Å². The number of hydrogen-bond donors (Lipinski definition) is 1. The lowest BCUT2D eigenvalue weighted by atomic mass is 10.1. The summed E-state index contributed by atoms with van der Waals surface area (Å²) in [4.78, 5) is 1.02. The van der Waals surface area contributed by atoms with Gasteiger partial charge in [0.15, 0.2) is 0 Å². The third-order valence-electron chi connectivity index (χ3n) is 2.89. The first kappa shape index (κ1) is 13.8. The molecule has 0 saturated heterocycles. The molecule has 0 amide bonds. The van der Waals surface area contributed by atoms with Crippen LogP contribution in [0, 0.1) is 0 Å². The summed E-state index contributed by atoms with van der Waals surface area (Å²) in [5.74, 6) is 2.24. The number of rotatable bonds is 4. The SMILES string of the molecule is COc1ccc2c(c1)S[C@@H](CCCCl)[C@H](O)CO2. The monoisotopic (exact) mass is 288 g/mol. The average molecular weight is 289 g/mol. The molecule has 0 aromatic heterocycles. The highest BCUT2D eigenvalue weighted by Gasteiger charge is 2.26. The van der Waals surface area contributed by atoms with Crippen LogP contribution in [0.3, 0.4) is 0 Å². The molecule has 0 bridgehead atoms. The van der Waals surface area contributed by atoms with Crippen molar-refractivity contribution in [1.82, 2.24) is 0 Å². The van der Waals surface area contributed by atoms with E-state index < -0.39 is 6.10 Å². The van der Waals surface area contributed by atoms with Crippen LogP contribution >= 0.6 is 23.4 Å². The zero-order chi connectivity index (χ0) is 13.0. The smallest absolute Gasteiger partial charge is 0.133 e. The number of hydrogen-bond acceptors (Lipinski definition) is 4. The fourth-order valence-corrected chi connectivity index (χ4v) is 3.31. The maximum Gasteiger partial charge on any atom is 0.133 e. The number of aliphatic hydroxyl groups excluding tert-OH is 1. The Labute approximate surface area is 116 Å². The molecule has 18 heavy (non-hydrogen) atoms. The van der Waals surface area contributed by atoms with Gasteiger partial charge in [0.1, 0.15) is 24.2 Å². The number of benzene rings is 1. The highest BCUT2D eigenvalue weighted by atomic mass is 35.5. The van der Waals surface area contributed by atoms with Crippen molar-refractivity contribution >= 4 is 23.4 Å². The summed E-state index contributed by atoms with van der Waals surface area (Å²) < 4.78 is 10.8. The topological polar surface area (TPSA) is 38.7 Å². The molecule has 1 N–H and O–H groups in total. The maximum atomic E-state index is 10.1. The number of fused-ring (bicyclic) bond motifs is 1. The Bertz CT molecular complexity index is 400. The van der Waals surface area contributed by atoms with E-state index in [4.69, 9.17) is 21.1 Å². The summed E-state index contributed by atoms with van der Waals surface area (Å²) >= 11 is 7.36.